The predicted molar refractivity (Wildman–Crippen MR) is 66.3 cm³/mol. The van der Waals surface area contributed by atoms with Gasteiger partial charge in [0.25, 0.3) is 0 Å². The summed E-state index contributed by atoms with van der Waals surface area (Å²) in [6.07, 6.45) is 1.38. The number of benzene rings is 1. The fourth-order valence-corrected chi connectivity index (χ4v) is 3.08. The SMILES string of the molecule is OC1c2ccccc2CCC1CCSC(F)(F)F. The standard InChI is InChI=1S/C13H15F3OS/c14-13(15,16)18-8-7-10-6-5-9-3-1-2-4-11(9)12(10)17/h1-4,10,12,17H,5-8H2. The molecule has 0 spiro atoms. The van der Waals surface area contributed by atoms with E-state index in [1.54, 1.807) is 0 Å². The minimum Gasteiger partial charge on any atom is -0.388 e. The molecule has 0 fully saturated rings. The van der Waals surface area contributed by atoms with Crippen LogP contribution in [0.15, 0.2) is 24.3 Å². The van der Waals surface area contributed by atoms with E-state index in [2.05, 4.69) is 0 Å². The number of hydrogen-bond acceptors (Lipinski definition) is 2. The summed E-state index contributed by atoms with van der Waals surface area (Å²) in [5.74, 6) is -0.0392. The van der Waals surface area contributed by atoms with Crippen molar-refractivity contribution in [2.75, 3.05) is 5.75 Å². The molecule has 1 aliphatic carbocycles. The van der Waals surface area contributed by atoms with E-state index in [0.717, 1.165) is 24.0 Å². The number of halogens is 3. The van der Waals surface area contributed by atoms with Crippen LogP contribution in [0.3, 0.4) is 0 Å². The first-order valence-electron chi connectivity index (χ1n) is 5.94. The highest BCUT2D eigenvalue weighted by Gasteiger charge is 2.31. The Hall–Kier alpha value is -0.680. The number of aliphatic hydroxyl groups excluding tert-OH is 1. The maximum absolute atomic E-state index is 12.0. The van der Waals surface area contributed by atoms with Crippen molar-refractivity contribution in [2.24, 2.45) is 5.92 Å². The van der Waals surface area contributed by atoms with E-state index < -0.39 is 11.6 Å². The minimum absolute atomic E-state index is 0.000553. The van der Waals surface area contributed by atoms with E-state index in [1.165, 1.54) is 0 Å². The first kappa shape index (κ1) is 13.7. The summed E-state index contributed by atoms with van der Waals surface area (Å²) < 4.78 is 36.1. The third-order valence-corrected chi connectivity index (χ3v) is 4.13. The quantitative estimate of drug-likeness (QED) is 0.902. The molecule has 0 saturated heterocycles. The molecule has 1 aromatic rings. The number of fused-ring (bicyclic) bond motifs is 1. The highest BCUT2D eigenvalue weighted by molar-refractivity contribution is 8.00. The highest BCUT2D eigenvalue weighted by atomic mass is 32.2. The van der Waals surface area contributed by atoms with Crippen LogP contribution in [0.2, 0.25) is 0 Å². The number of aliphatic hydroxyl groups is 1. The molecule has 1 aliphatic rings. The molecule has 0 amide bonds. The van der Waals surface area contributed by atoms with Crippen molar-refractivity contribution < 1.29 is 18.3 Å². The third-order valence-electron chi connectivity index (χ3n) is 3.36. The summed E-state index contributed by atoms with van der Waals surface area (Å²) in [5, 5.41) is 10.2. The first-order chi connectivity index (χ1) is 8.47. The molecule has 0 aliphatic heterocycles. The Kier molecular flexibility index (Phi) is 4.22. The second-order valence-electron chi connectivity index (χ2n) is 4.53. The summed E-state index contributed by atoms with van der Waals surface area (Å²) in [6, 6.07) is 7.61. The summed E-state index contributed by atoms with van der Waals surface area (Å²) in [5.41, 5.74) is -2.17. The maximum Gasteiger partial charge on any atom is 0.441 e. The third kappa shape index (κ3) is 3.42. The number of thioether (sulfide) groups is 1. The van der Waals surface area contributed by atoms with Crippen molar-refractivity contribution in [2.45, 2.75) is 30.9 Å². The summed E-state index contributed by atoms with van der Waals surface area (Å²) >= 11 is -0.000553. The molecule has 2 unspecified atom stereocenters. The van der Waals surface area contributed by atoms with Crippen molar-refractivity contribution in [1.82, 2.24) is 0 Å². The van der Waals surface area contributed by atoms with Gasteiger partial charge in [-0.15, -0.1) is 0 Å². The molecule has 0 heterocycles. The van der Waals surface area contributed by atoms with Crippen LogP contribution in [0.4, 0.5) is 13.2 Å². The van der Waals surface area contributed by atoms with Crippen molar-refractivity contribution >= 4 is 11.8 Å². The van der Waals surface area contributed by atoms with Crippen LogP contribution in [0.25, 0.3) is 0 Å². The van der Waals surface area contributed by atoms with Crippen molar-refractivity contribution in [3.63, 3.8) is 0 Å². The smallest absolute Gasteiger partial charge is 0.388 e. The van der Waals surface area contributed by atoms with E-state index in [9.17, 15) is 18.3 Å². The molecule has 1 aromatic carbocycles. The summed E-state index contributed by atoms with van der Waals surface area (Å²) in [4.78, 5) is 0. The highest BCUT2D eigenvalue weighted by Crippen LogP contribution is 2.38. The lowest BCUT2D eigenvalue weighted by Crippen LogP contribution is -2.21. The fourth-order valence-electron chi connectivity index (χ4n) is 2.43. The number of rotatable bonds is 3. The van der Waals surface area contributed by atoms with E-state index in [1.807, 2.05) is 24.3 Å². The van der Waals surface area contributed by atoms with Gasteiger partial charge in [-0.2, -0.15) is 13.2 Å². The molecule has 1 nitrogen and oxygen atoms in total. The zero-order valence-electron chi connectivity index (χ0n) is 9.78. The van der Waals surface area contributed by atoms with Crippen LogP contribution in [-0.2, 0) is 6.42 Å². The zero-order chi connectivity index (χ0) is 13.2. The average Bonchev–Trinajstić information content (AvgIpc) is 2.31. The molecule has 100 valence electrons. The van der Waals surface area contributed by atoms with Crippen LogP contribution >= 0.6 is 11.8 Å². The van der Waals surface area contributed by atoms with Crippen molar-refractivity contribution in [1.29, 1.82) is 0 Å². The van der Waals surface area contributed by atoms with Crippen LogP contribution < -0.4 is 0 Å². The topological polar surface area (TPSA) is 20.2 Å². The second kappa shape index (κ2) is 5.53. The Morgan fingerprint density at radius 1 is 1.28 bits per heavy atom. The number of alkyl halides is 3. The molecular weight excluding hydrogens is 261 g/mol. The monoisotopic (exact) mass is 276 g/mol. The van der Waals surface area contributed by atoms with Gasteiger partial charge in [-0.1, -0.05) is 36.0 Å². The zero-order valence-corrected chi connectivity index (χ0v) is 10.6. The Balaban J connectivity index is 1.93. The van der Waals surface area contributed by atoms with Gasteiger partial charge in [-0.3, -0.25) is 0 Å². The molecule has 5 heteroatoms. The lowest BCUT2D eigenvalue weighted by atomic mass is 9.80. The lowest BCUT2D eigenvalue weighted by molar-refractivity contribution is -0.0329. The van der Waals surface area contributed by atoms with Crippen LogP contribution in [0.5, 0.6) is 0 Å². The number of hydrogen-bond donors (Lipinski definition) is 1. The van der Waals surface area contributed by atoms with Gasteiger partial charge in [-0.05, 0) is 36.3 Å². The molecule has 2 rings (SSSR count). The van der Waals surface area contributed by atoms with Gasteiger partial charge in [0.2, 0.25) is 0 Å². The minimum atomic E-state index is -4.17. The molecule has 0 bridgehead atoms. The normalized spacial score (nSPS) is 23.8. The van der Waals surface area contributed by atoms with E-state index in [-0.39, 0.29) is 23.4 Å². The maximum atomic E-state index is 12.0. The van der Waals surface area contributed by atoms with Crippen LogP contribution in [0.1, 0.15) is 30.1 Å². The van der Waals surface area contributed by atoms with Gasteiger partial charge in [-0.25, -0.2) is 0 Å². The van der Waals surface area contributed by atoms with Gasteiger partial charge in [0.1, 0.15) is 0 Å². The van der Waals surface area contributed by atoms with Gasteiger partial charge in [0.05, 0.1) is 6.10 Å². The van der Waals surface area contributed by atoms with E-state index in [0.29, 0.717) is 6.42 Å². The predicted octanol–water partition coefficient (Wildman–Crippen LogP) is 3.93. The first-order valence-corrected chi connectivity index (χ1v) is 6.92. The molecule has 0 radical (unpaired) electrons. The molecule has 18 heavy (non-hydrogen) atoms. The Morgan fingerprint density at radius 2 is 2.00 bits per heavy atom. The van der Waals surface area contributed by atoms with Gasteiger partial charge in [0, 0.05) is 5.75 Å². The molecule has 0 aromatic heterocycles. The molecule has 1 N–H and O–H groups in total. The Labute approximate surface area is 108 Å². The van der Waals surface area contributed by atoms with Crippen molar-refractivity contribution in [3.05, 3.63) is 35.4 Å². The van der Waals surface area contributed by atoms with E-state index >= 15 is 0 Å². The molecular formula is C13H15F3OS. The van der Waals surface area contributed by atoms with Crippen molar-refractivity contribution in [3.8, 4) is 0 Å². The van der Waals surface area contributed by atoms with E-state index in [4.69, 9.17) is 0 Å². The summed E-state index contributed by atoms with van der Waals surface area (Å²) in [6.45, 7) is 0. The summed E-state index contributed by atoms with van der Waals surface area (Å²) in [7, 11) is 0. The second-order valence-corrected chi connectivity index (χ2v) is 5.69. The average molecular weight is 276 g/mol. The largest absolute Gasteiger partial charge is 0.441 e. The Morgan fingerprint density at radius 3 is 2.72 bits per heavy atom. The molecule has 0 saturated carbocycles. The fraction of sp³-hybridized carbons (Fsp3) is 0.538. The Bertz CT molecular complexity index is 405. The lowest BCUT2D eigenvalue weighted by Gasteiger charge is -2.30. The molecule has 2 atom stereocenters. The van der Waals surface area contributed by atoms with Gasteiger partial charge < -0.3 is 5.11 Å². The number of aryl methyl sites for hydroxylation is 1. The van der Waals surface area contributed by atoms with Gasteiger partial charge >= 0.3 is 5.51 Å². The van der Waals surface area contributed by atoms with Crippen LogP contribution in [0, 0.1) is 5.92 Å². The van der Waals surface area contributed by atoms with Gasteiger partial charge in [0.15, 0.2) is 0 Å². The van der Waals surface area contributed by atoms with Crippen LogP contribution in [-0.4, -0.2) is 16.4 Å².